The molecule has 1 aromatic heterocycles. The molecule has 0 bridgehead atoms. The molecule has 0 unspecified atom stereocenters. The highest BCUT2D eigenvalue weighted by atomic mass is 16.2. The van der Waals surface area contributed by atoms with Crippen LogP contribution in [0, 0.1) is 5.92 Å². The number of nitrogens with zero attached hydrogens (tertiary/aromatic N) is 2. The molecular weight excluding hydrogens is 334 g/mol. The van der Waals surface area contributed by atoms with Gasteiger partial charge in [0.25, 0.3) is 0 Å². The third-order valence-corrected chi connectivity index (χ3v) is 5.09. The van der Waals surface area contributed by atoms with E-state index in [4.69, 9.17) is 0 Å². The normalized spacial score (nSPS) is 14.7. The highest BCUT2D eigenvalue weighted by Gasteiger charge is 2.37. The lowest BCUT2D eigenvalue weighted by Gasteiger charge is -2.44. The average molecular weight is 357 g/mol. The molecule has 1 aliphatic heterocycles. The smallest absolute Gasteiger partial charge is 0.225 e. The fourth-order valence-corrected chi connectivity index (χ4v) is 3.61. The summed E-state index contributed by atoms with van der Waals surface area (Å²) in [5.74, 6) is 0.171. The van der Waals surface area contributed by atoms with Gasteiger partial charge in [0.05, 0.1) is 12.0 Å². The molecule has 1 fully saturated rings. The van der Waals surface area contributed by atoms with Gasteiger partial charge in [-0.1, -0.05) is 60.7 Å². The third kappa shape index (κ3) is 4.07. The van der Waals surface area contributed by atoms with Gasteiger partial charge in [-0.25, -0.2) is 0 Å². The molecule has 1 amide bonds. The van der Waals surface area contributed by atoms with Crippen molar-refractivity contribution in [2.75, 3.05) is 13.1 Å². The van der Waals surface area contributed by atoms with Crippen LogP contribution in [0.25, 0.3) is 0 Å². The zero-order valence-corrected chi connectivity index (χ0v) is 15.2. The number of carbonyl (C=O) groups is 1. The van der Waals surface area contributed by atoms with E-state index < -0.39 is 0 Å². The summed E-state index contributed by atoms with van der Waals surface area (Å²) in [6, 6.07) is 25.1. The molecule has 3 aromatic rings. The Morgan fingerprint density at radius 1 is 0.926 bits per heavy atom. The van der Waals surface area contributed by atoms with Gasteiger partial charge in [-0.15, -0.1) is 0 Å². The number of benzene rings is 2. The van der Waals surface area contributed by atoms with Gasteiger partial charge >= 0.3 is 0 Å². The summed E-state index contributed by atoms with van der Waals surface area (Å²) in [6.45, 7) is 2.10. The second kappa shape index (κ2) is 8.14. The second-order valence-corrected chi connectivity index (χ2v) is 6.95. The summed E-state index contributed by atoms with van der Waals surface area (Å²) in [6.07, 6.45) is 3.49. The number of carbonyl (C=O) groups excluding carboxylic acids is 1. The van der Waals surface area contributed by atoms with Crippen molar-refractivity contribution in [1.29, 1.82) is 0 Å². The quantitative estimate of drug-likeness (QED) is 0.735. The van der Waals surface area contributed by atoms with Gasteiger partial charge in [0.1, 0.15) is 0 Å². The predicted molar refractivity (Wildman–Crippen MR) is 106 cm³/mol. The number of rotatable bonds is 6. The molecule has 2 heterocycles. The van der Waals surface area contributed by atoms with Crippen molar-refractivity contribution in [3.8, 4) is 0 Å². The van der Waals surface area contributed by atoms with Crippen molar-refractivity contribution < 1.29 is 4.79 Å². The zero-order valence-electron chi connectivity index (χ0n) is 15.2. The Kier molecular flexibility index (Phi) is 5.26. The molecule has 4 heteroatoms. The molecule has 0 spiro atoms. The van der Waals surface area contributed by atoms with Crippen LogP contribution in [0.2, 0.25) is 0 Å². The number of aromatic nitrogens is 1. The van der Waals surface area contributed by atoms with E-state index in [-0.39, 0.29) is 17.9 Å². The molecule has 4 nitrogen and oxygen atoms in total. The van der Waals surface area contributed by atoms with Crippen LogP contribution >= 0.6 is 0 Å². The molecule has 0 radical (unpaired) electrons. The number of hydrogen-bond acceptors (Lipinski definition) is 3. The van der Waals surface area contributed by atoms with Gasteiger partial charge in [0.15, 0.2) is 0 Å². The largest absolute Gasteiger partial charge is 0.352 e. The SMILES string of the molecule is O=C(NCc1ccncc1)C1CN(C(c2ccccc2)c2ccccc2)C1. The first-order valence-electron chi connectivity index (χ1n) is 9.32. The first kappa shape index (κ1) is 17.4. The summed E-state index contributed by atoms with van der Waals surface area (Å²) in [4.78, 5) is 18.9. The average Bonchev–Trinajstić information content (AvgIpc) is 2.70. The fraction of sp³-hybridized carbons (Fsp3) is 0.217. The third-order valence-electron chi connectivity index (χ3n) is 5.09. The van der Waals surface area contributed by atoms with Crippen LogP contribution in [-0.4, -0.2) is 28.9 Å². The molecule has 1 saturated heterocycles. The molecule has 4 rings (SSSR count). The molecule has 1 aliphatic rings. The van der Waals surface area contributed by atoms with Crippen molar-refractivity contribution in [3.63, 3.8) is 0 Å². The van der Waals surface area contributed by atoms with Crippen LogP contribution < -0.4 is 5.32 Å². The first-order chi connectivity index (χ1) is 13.3. The highest BCUT2D eigenvalue weighted by molar-refractivity contribution is 5.80. The molecular formula is C23H23N3O. The van der Waals surface area contributed by atoms with E-state index in [1.54, 1.807) is 12.4 Å². The molecule has 136 valence electrons. The van der Waals surface area contributed by atoms with E-state index in [0.29, 0.717) is 6.54 Å². The summed E-state index contributed by atoms with van der Waals surface area (Å²) in [5, 5.41) is 3.05. The summed E-state index contributed by atoms with van der Waals surface area (Å²) in [5.41, 5.74) is 3.60. The van der Waals surface area contributed by atoms with Crippen LogP contribution in [0.5, 0.6) is 0 Å². The molecule has 0 atom stereocenters. The van der Waals surface area contributed by atoms with Crippen LogP contribution in [-0.2, 0) is 11.3 Å². The van der Waals surface area contributed by atoms with E-state index in [1.165, 1.54) is 11.1 Å². The van der Waals surface area contributed by atoms with Gasteiger partial charge in [-0.05, 0) is 28.8 Å². The summed E-state index contributed by atoms with van der Waals surface area (Å²) < 4.78 is 0. The topological polar surface area (TPSA) is 45.2 Å². The number of amides is 1. The van der Waals surface area contributed by atoms with E-state index in [2.05, 4.69) is 63.7 Å². The molecule has 27 heavy (non-hydrogen) atoms. The van der Waals surface area contributed by atoms with Gasteiger partial charge < -0.3 is 5.32 Å². The van der Waals surface area contributed by atoms with E-state index in [0.717, 1.165) is 18.7 Å². The van der Waals surface area contributed by atoms with E-state index in [1.807, 2.05) is 24.3 Å². The van der Waals surface area contributed by atoms with E-state index in [9.17, 15) is 4.79 Å². The molecule has 1 N–H and O–H groups in total. The van der Waals surface area contributed by atoms with Crippen molar-refractivity contribution in [1.82, 2.24) is 15.2 Å². The minimum atomic E-state index is 0.0433. The minimum Gasteiger partial charge on any atom is -0.352 e. The lowest BCUT2D eigenvalue weighted by atomic mass is 9.90. The molecule has 2 aromatic carbocycles. The maximum absolute atomic E-state index is 12.5. The van der Waals surface area contributed by atoms with Crippen LogP contribution in [0.4, 0.5) is 0 Å². The summed E-state index contributed by atoms with van der Waals surface area (Å²) in [7, 11) is 0. The van der Waals surface area contributed by atoms with E-state index >= 15 is 0 Å². The Hall–Kier alpha value is -2.98. The number of likely N-dealkylation sites (tertiary alicyclic amines) is 1. The monoisotopic (exact) mass is 357 g/mol. The second-order valence-electron chi connectivity index (χ2n) is 6.95. The van der Waals surface area contributed by atoms with Crippen molar-refractivity contribution in [2.24, 2.45) is 5.92 Å². The maximum Gasteiger partial charge on any atom is 0.225 e. The number of nitrogens with one attached hydrogen (secondary N) is 1. The van der Waals surface area contributed by atoms with Gasteiger partial charge in [-0.3, -0.25) is 14.7 Å². The lowest BCUT2D eigenvalue weighted by molar-refractivity contribution is -0.131. The Labute approximate surface area is 159 Å². The Balaban J connectivity index is 1.40. The van der Waals surface area contributed by atoms with Crippen molar-refractivity contribution in [2.45, 2.75) is 12.6 Å². The Morgan fingerprint density at radius 2 is 1.48 bits per heavy atom. The van der Waals surface area contributed by atoms with Crippen molar-refractivity contribution >= 4 is 5.91 Å². The Bertz CT molecular complexity index is 822. The molecule has 0 aliphatic carbocycles. The van der Waals surface area contributed by atoms with Crippen LogP contribution in [0.3, 0.4) is 0 Å². The van der Waals surface area contributed by atoms with Gasteiger partial charge in [-0.2, -0.15) is 0 Å². The lowest BCUT2D eigenvalue weighted by Crippen LogP contribution is -2.54. The number of pyridine rings is 1. The molecule has 0 saturated carbocycles. The number of hydrogen-bond donors (Lipinski definition) is 1. The predicted octanol–water partition coefficient (Wildman–Crippen LogP) is 3.42. The van der Waals surface area contributed by atoms with Crippen molar-refractivity contribution in [3.05, 3.63) is 102 Å². The van der Waals surface area contributed by atoms with Crippen LogP contribution in [0.15, 0.2) is 85.2 Å². The fourth-order valence-electron chi connectivity index (χ4n) is 3.61. The minimum absolute atomic E-state index is 0.0433. The highest BCUT2D eigenvalue weighted by Crippen LogP contribution is 2.34. The Morgan fingerprint density at radius 3 is 2.04 bits per heavy atom. The maximum atomic E-state index is 12.5. The van der Waals surface area contributed by atoms with Gasteiger partial charge in [0.2, 0.25) is 5.91 Å². The first-order valence-corrected chi connectivity index (χ1v) is 9.32. The van der Waals surface area contributed by atoms with Gasteiger partial charge in [0, 0.05) is 32.0 Å². The zero-order chi connectivity index (χ0) is 18.5. The van der Waals surface area contributed by atoms with Crippen LogP contribution in [0.1, 0.15) is 22.7 Å². The summed E-state index contributed by atoms with van der Waals surface area (Å²) >= 11 is 0. The standard InChI is InChI=1S/C23H23N3O/c27-23(25-15-18-11-13-24-14-12-18)21-16-26(17-21)22(19-7-3-1-4-8-19)20-9-5-2-6-10-20/h1-14,21-22H,15-17H2,(H,25,27).